The second-order valence-corrected chi connectivity index (χ2v) is 15.9. The molecule has 0 bridgehead atoms. The molecule has 9 N–H and O–H groups in total. The van der Waals surface area contributed by atoms with Crippen LogP contribution in [0.3, 0.4) is 0 Å². The van der Waals surface area contributed by atoms with E-state index < -0.39 is 77.6 Å². The van der Waals surface area contributed by atoms with Crippen molar-refractivity contribution in [1.82, 2.24) is 36.8 Å². The number of ether oxygens (including phenoxy) is 2. The summed E-state index contributed by atoms with van der Waals surface area (Å²) in [5, 5.41) is 18.7. The minimum absolute atomic E-state index is 0.0249. The van der Waals surface area contributed by atoms with Gasteiger partial charge in [0.2, 0.25) is 41.4 Å². The summed E-state index contributed by atoms with van der Waals surface area (Å²) < 4.78 is 11.1. The molecule has 1 aromatic carbocycles. The summed E-state index contributed by atoms with van der Waals surface area (Å²) >= 11 is 0. The second kappa shape index (κ2) is 22.2. The molecule has 0 spiro atoms. The molecule has 0 aliphatic carbocycles. The van der Waals surface area contributed by atoms with Crippen molar-refractivity contribution >= 4 is 58.9 Å². The smallest absolute Gasteiger partial charge is 0.264 e. The molecule has 2 fully saturated rings. The van der Waals surface area contributed by atoms with Crippen LogP contribution in [0, 0.1) is 17.8 Å². The third kappa shape index (κ3) is 13.0. The van der Waals surface area contributed by atoms with Crippen LogP contribution >= 0.6 is 0 Å². The Kier molecular flexibility index (Phi) is 17.5. The molecular formula is C40H59N9O11. The molecular weight excluding hydrogens is 782 g/mol. The fourth-order valence-electron chi connectivity index (χ4n) is 7.08. The number of carbonyl (C=O) groups is 9. The maximum absolute atomic E-state index is 13.4. The Morgan fingerprint density at radius 2 is 1.55 bits per heavy atom. The molecule has 3 heterocycles. The lowest BCUT2D eigenvalue weighted by Crippen LogP contribution is -2.59. The zero-order chi connectivity index (χ0) is 44.1. The van der Waals surface area contributed by atoms with E-state index in [9.17, 15) is 43.2 Å². The number of amides is 9. The number of nitrogens with zero attached hydrogens (tertiary/aromatic N) is 1. The zero-order valence-electron chi connectivity index (χ0n) is 34.9. The van der Waals surface area contributed by atoms with Crippen LogP contribution in [0.1, 0.15) is 93.9 Å². The van der Waals surface area contributed by atoms with Crippen molar-refractivity contribution in [1.29, 1.82) is 0 Å². The van der Waals surface area contributed by atoms with Crippen LogP contribution < -0.4 is 43.0 Å². The Balaban J connectivity index is 1.12. The second-order valence-electron chi connectivity index (χ2n) is 15.9. The largest absolute Gasteiger partial charge is 0.382 e. The first-order chi connectivity index (χ1) is 28.5. The Morgan fingerprint density at radius 1 is 0.833 bits per heavy atom. The van der Waals surface area contributed by atoms with Crippen molar-refractivity contribution in [3.05, 3.63) is 29.3 Å². The number of hydrogen-bond donors (Lipinski definition) is 8. The van der Waals surface area contributed by atoms with Gasteiger partial charge in [0.1, 0.15) is 24.2 Å². The van der Waals surface area contributed by atoms with E-state index in [1.807, 2.05) is 13.8 Å². The number of piperidine rings is 1. The van der Waals surface area contributed by atoms with Gasteiger partial charge >= 0.3 is 0 Å². The van der Waals surface area contributed by atoms with Crippen LogP contribution in [-0.4, -0.2) is 128 Å². The number of fused-ring (bicyclic) bond motifs is 1. The number of benzene rings is 1. The minimum atomic E-state index is -1.06. The molecule has 6 atom stereocenters. The third-order valence-electron chi connectivity index (χ3n) is 10.3. The molecule has 20 nitrogen and oxygen atoms in total. The molecule has 1 unspecified atom stereocenters. The average molecular weight is 842 g/mol. The summed E-state index contributed by atoms with van der Waals surface area (Å²) in [5.74, 6) is -5.18. The predicted octanol–water partition coefficient (Wildman–Crippen LogP) is -0.973. The van der Waals surface area contributed by atoms with Crippen LogP contribution in [-0.2, 0) is 43.0 Å². The number of carbonyl (C=O) groups excluding carboxylic acids is 9. The molecule has 330 valence electrons. The van der Waals surface area contributed by atoms with E-state index in [1.54, 1.807) is 26.0 Å². The molecule has 0 aromatic heterocycles. The van der Waals surface area contributed by atoms with Gasteiger partial charge in [0.15, 0.2) is 0 Å². The van der Waals surface area contributed by atoms with Crippen LogP contribution in [0.25, 0.3) is 0 Å². The third-order valence-corrected chi connectivity index (χ3v) is 10.3. The first-order valence-electron chi connectivity index (χ1n) is 20.5. The molecule has 3 aliphatic rings. The lowest BCUT2D eigenvalue weighted by molar-refractivity contribution is -0.136. The SMILES string of the molecule is CC(C)C[C@H](NC(=O)[C@@H](NC(=O)[C@H](C)NC(=O)CCOCCOCCNc1cccc2c1C(=O)N(C1CCC(=O)NC1=O)C2=O)C(C)C)C(=O)N[C@H](N)C[C@@H]1CCNC1=O. The van der Waals surface area contributed by atoms with Crippen molar-refractivity contribution in [2.75, 3.05) is 44.8 Å². The van der Waals surface area contributed by atoms with Gasteiger partial charge in [-0.1, -0.05) is 33.8 Å². The van der Waals surface area contributed by atoms with E-state index in [0.717, 1.165) is 4.90 Å². The van der Waals surface area contributed by atoms with Crippen molar-refractivity contribution in [2.24, 2.45) is 23.5 Å². The topological polar surface area (TPSA) is 286 Å². The molecule has 2 saturated heterocycles. The van der Waals surface area contributed by atoms with Crippen LogP contribution in [0.5, 0.6) is 0 Å². The molecule has 1 aromatic rings. The lowest BCUT2D eigenvalue weighted by Gasteiger charge is -2.28. The number of hydrogen-bond acceptors (Lipinski definition) is 13. The van der Waals surface area contributed by atoms with Gasteiger partial charge < -0.3 is 47.1 Å². The first-order valence-corrected chi connectivity index (χ1v) is 20.5. The maximum Gasteiger partial charge on any atom is 0.264 e. The summed E-state index contributed by atoms with van der Waals surface area (Å²) in [7, 11) is 0. The van der Waals surface area contributed by atoms with Crippen molar-refractivity contribution in [3.63, 3.8) is 0 Å². The molecule has 60 heavy (non-hydrogen) atoms. The van der Waals surface area contributed by atoms with Crippen LogP contribution in [0.2, 0.25) is 0 Å². The van der Waals surface area contributed by atoms with E-state index in [4.69, 9.17) is 15.2 Å². The maximum atomic E-state index is 13.4. The van der Waals surface area contributed by atoms with Gasteiger partial charge in [-0.25, -0.2) is 0 Å². The van der Waals surface area contributed by atoms with Gasteiger partial charge in [-0.15, -0.1) is 0 Å². The highest BCUT2D eigenvalue weighted by Crippen LogP contribution is 2.32. The monoisotopic (exact) mass is 841 g/mol. The fourth-order valence-corrected chi connectivity index (χ4v) is 7.08. The molecule has 3 aliphatic heterocycles. The average Bonchev–Trinajstić information content (AvgIpc) is 3.70. The van der Waals surface area contributed by atoms with Gasteiger partial charge in [-0.05, 0) is 56.6 Å². The summed E-state index contributed by atoms with van der Waals surface area (Å²) in [6, 6.07) is 0.777. The van der Waals surface area contributed by atoms with Gasteiger partial charge in [-0.2, -0.15) is 0 Å². The number of rotatable bonds is 23. The van der Waals surface area contributed by atoms with Gasteiger partial charge in [0.05, 0.1) is 43.7 Å². The van der Waals surface area contributed by atoms with Crippen molar-refractivity contribution in [2.45, 2.75) is 103 Å². The van der Waals surface area contributed by atoms with Crippen molar-refractivity contribution in [3.8, 4) is 0 Å². The standard InChI is InChI=1S/C40H59N9O11/c1-21(2)19-27(36(54)46-29(41)20-24-11-13-43-35(24)53)45-38(56)33(22(3)4)48-34(52)23(5)44-31(51)12-15-59-17-18-60-16-14-42-26-8-6-7-25-32(26)40(58)49(39(25)57)28-9-10-30(50)47-37(28)55/h6-8,21-24,27-29,33,42H,9-20,41H2,1-5H3,(H,43,53)(H,44,51)(H,45,56)(H,46,54)(H,48,52)(H,47,50,55)/t23-,24-,27-,28?,29-,33-/m0/s1. The van der Waals surface area contributed by atoms with E-state index in [1.165, 1.54) is 13.0 Å². The van der Waals surface area contributed by atoms with Crippen LogP contribution in [0.4, 0.5) is 5.69 Å². The Labute approximate surface area is 348 Å². The number of nitrogens with one attached hydrogen (secondary N) is 7. The normalized spacial score (nSPS) is 19.6. The van der Waals surface area contributed by atoms with E-state index in [0.29, 0.717) is 25.1 Å². The van der Waals surface area contributed by atoms with Gasteiger partial charge in [0, 0.05) is 37.5 Å². The number of anilines is 1. The summed E-state index contributed by atoms with van der Waals surface area (Å²) in [5.41, 5.74) is 6.84. The van der Waals surface area contributed by atoms with E-state index >= 15 is 0 Å². The quantitative estimate of drug-likeness (QED) is 0.0375. The molecule has 0 radical (unpaired) electrons. The Bertz CT molecular complexity index is 1790. The van der Waals surface area contributed by atoms with Crippen molar-refractivity contribution < 1.29 is 52.6 Å². The minimum Gasteiger partial charge on any atom is -0.382 e. The number of imide groups is 2. The summed E-state index contributed by atoms with van der Waals surface area (Å²) in [4.78, 5) is 115. The highest BCUT2D eigenvalue weighted by Gasteiger charge is 2.45. The van der Waals surface area contributed by atoms with Gasteiger partial charge in [-0.3, -0.25) is 53.4 Å². The fraction of sp³-hybridized carbons (Fsp3) is 0.625. The van der Waals surface area contributed by atoms with Crippen LogP contribution in [0.15, 0.2) is 18.2 Å². The molecule has 4 rings (SSSR count). The summed E-state index contributed by atoms with van der Waals surface area (Å²) in [6.07, 6.45) is 0.453. The zero-order valence-corrected chi connectivity index (χ0v) is 34.9. The molecule has 20 heteroatoms. The Morgan fingerprint density at radius 3 is 2.20 bits per heavy atom. The highest BCUT2D eigenvalue weighted by atomic mass is 16.5. The van der Waals surface area contributed by atoms with E-state index in [-0.39, 0.29) is 93.4 Å². The Hall–Kier alpha value is -5.47. The van der Waals surface area contributed by atoms with E-state index in [2.05, 4.69) is 37.2 Å². The lowest BCUT2D eigenvalue weighted by atomic mass is 9.99. The highest BCUT2D eigenvalue weighted by molar-refractivity contribution is 6.25. The number of nitrogens with two attached hydrogens (primary N) is 1. The first kappa shape index (κ1) is 47.2. The van der Waals surface area contributed by atoms with Gasteiger partial charge in [0.25, 0.3) is 11.8 Å². The molecule has 0 saturated carbocycles. The predicted molar refractivity (Wildman–Crippen MR) is 215 cm³/mol. The summed E-state index contributed by atoms with van der Waals surface area (Å²) in [6.45, 7) is 10.2. The molecule has 9 amide bonds.